The van der Waals surface area contributed by atoms with Gasteiger partial charge in [-0.25, -0.2) is 0 Å². The second-order valence-electron chi connectivity index (χ2n) is 3.92. The molecule has 2 N–H and O–H groups in total. The van der Waals surface area contributed by atoms with Crippen LogP contribution in [0.5, 0.6) is 0 Å². The topological polar surface area (TPSA) is 78.6 Å². The molecule has 0 heterocycles. The van der Waals surface area contributed by atoms with Crippen LogP contribution in [0.2, 0.25) is 19.6 Å². The van der Waals surface area contributed by atoms with E-state index in [4.69, 9.17) is 10.2 Å². The number of esters is 1. The Morgan fingerprint density at radius 1 is 1.36 bits per heavy atom. The molecule has 5 nitrogen and oxygen atoms in total. The largest absolute Gasteiger partial charge is 0.519 e. The van der Waals surface area contributed by atoms with Crippen LogP contribution < -0.4 is 5.73 Å². The van der Waals surface area contributed by atoms with Gasteiger partial charge in [0.1, 0.15) is 6.04 Å². The number of hydrogen-bond donors (Lipinski definition) is 1. The van der Waals surface area contributed by atoms with Gasteiger partial charge in [-0.2, -0.15) is 0 Å². The van der Waals surface area contributed by atoms with Crippen LogP contribution in [0.1, 0.15) is 6.42 Å². The van der Waals surface area contributed by atoms with Crippen molar-refractivity contribution < 1.29 is 18.8 Å². The first-order valence-corrected chi connectivity index (χ1v) is 7.72. The zero-order valence-electron chi connectivity index (χ0n) is 8.99. The second-order valence-corrected chi connectivity index (χ2v) is 8.35. The number of carbonyl (C=O) groups excluding carboxylic acids is 2. The molecule has 0 fully saturated rings. The van der Waals surface area contributed by atoms with E-state index in [1.54, 1.807) is 0 Å². The minimum atomic E-state index is -1.93. The fourth-order valence-corrected chi connectivity index (χ4v) is 1.48. The molecule has 6 heteroatoms. The lowest BCUT2D eigenvalue weighted by Crippen LogP contribution is -2.40. The van der Waals surface area contributed by atoms with Gasteiger partial charge in [-0.1, -0.05) is 0 Å². The van der Waals surface area contributed by atoms with Gasteiger partial charge >= 0.3 is 11.9 Å². The summed E-state index contributed by atoms with van der Waals surface area (Å²) in [6, 6.07) is -0.922. The maximum absolute atomic E-state index is 11.3. The molecule has 0 aliphatic carbocycles. The SMILES string of the molecule is COC(=O)C[C@@H](N)C(=O)O[Si](C)(C)C. The predicted octanol–water partition coefficient (Wildman–Crippen LogP) is 0.255. The fraction of sp³-hybridized carbons (Fsp3) is 0.750. The Labute approximate surface area is 84.7 Å². The van der Waals surface area contributed by atoms with E-state index in [0.29, 0.717) is 0 Å². The number of ether oxygens (including phenoxy) is 1. The van der Waals surface area contributed by atoms with Gasteiger partial charge in [-0.3, -0.25) is 9.59 Å². The molecule has 0 unspecified atom stereocenters. The zero-order chi connectivity index (χ0) is 11.4. The van der Waals surface area contributed by atoms with Gasteiger partial charge < -0.3 is 14.9 Å². The monoisotopic (exact) mass is 219 g/mol. The summed E-state index contributed by atoms with van der Waals surface area (Å²) < 4.78 is 9.50. The second kappa shape index (κ2) is 5.11. The lowest BCUT2D eigenvalue weighted by Gasteiger charge is -2.19. The minimum Gasteiger partial charge on any atom is -0.519 e. The van der Waals surface area contributed by atoms with Gasteiger partial charge in [0.2, 0.25) is 8.32 Å². The molecule has 0 aromatic heterocycles. The first-order valence-electron chi connectivity index (χ1n) is 4.31. The van der Waals surface area contributed by atoms with E-state index in [0.717, 1.165) is 0 Å². The van der Waals surface area contributed by atoms with Crippen molar-refractivity contribution in [1.82, 2.24) is 0 Å². The summed E-state index contributed by atoms with van der Waals surface area (Å²) in [6.07, 6.45) is -0.139. The standard InChI is InChI=1S/C8H17NO4Si/c1-12-7(10)5-6(9)8(11)13-14(2,3)4/h6H,5,9H2,1-4H3/t6-/m1/s1. The van der Waals surface area contributed by atoms with Crippen LogP contribution in [0.15, 0.2) is 0 Å². The summed E-state index contributed by atoms with van der Waals surface area (Å²) in [6.45, 7) is 5.61. The van der Waals surface area contributed by atoms with Crippen molar-refractivity contribution in [2.24, 2.45) is 5.73 Å². The molecule has 1 atom stereocenters. The Hall–Kier alpha value is -0.883. The van der Waals surface area contributed by atoms with E-state index in [1.165, 1.54) is 7.11 Å². The fourth-order valence-electron chi connectivity index (χ4n) is 0.724. The van der Waals surface area contributed by atoms with Crippen LogP contribution in [0.3, 0.4) is 0 Å². The van der Waals surface area contributed by atoms with E-state index < -0.39 is 26.3 Å². The first-order chi connectivity index (χ1) is 6.26. The van der Waals surface area contributed by atoms with Crippen LogP contribution >= 0.6 is 0 Å². The maximum Gasteiger partial charge on any atom is 0.310 e. The number of carbonyl (C=O) groups is 2. The predicted molar refractivity (Wildman–Crippen MR) is 54.0 cm³/mol. The molecule has 0 aromatic carbocycles. The zero-order valence-corrected chi connectivity index (χ0v) is 9.99. The van der Waals surface area contributed by atoms with Crippen molar-refractivity contribution in [3.63, 3.8) is 0 Å². The maximum atomic E-state index is 11.3. The summed E-state index contributed by atoms with van der Waals surface area (Å²) in [4.78, 5) is 22.1. The van der Waals surface area contributed by atoms with Crippen molar-refractivity contribution in [2.75, 3.05) is 7.11 Å². The van der Waals surface area contributed by atoms with Gasteiger partial charge in [-0.15, -0.1) is 0 Å². The van der Waals surface area contributed by atoms with Crippen molar-refractivity contribution in [1.29, 1.82) is 0 Å². The van der Waals surface area contributed by atoms with Gasteiger partial charge in [0, 0.05) is 0 Å². The molecule has 0 aliphatic heterocycles. The smallest absolute Gasteiger partial charge is 0.310 e. The molecule has 14 heavy (non-hydrogen) atoms. The first kappa shape index (κ1) is 13.1. The van der Waals surface area contributed by atoms with Crippen LogP contribution in [-0.2, 0) is 18.8 Å². The third kappa shape index (κ3) is 5.71. The van der Waals surface area contributed by atoms with Crippen LogP contribution in [-0.4, -0.2) is 33.4 Å². The van der Waals surface area contributed by atoms with E-state index in [9.17, 15) is 9.59 Å². The summed E-state index contributed by atoms with van der Waals surface area (Å²) in [5, 5.41) is 0. The quantitative estimate of drug-likeness (QED) is 0.542. The lowest BCUT2D eigenvalue weighted by molar-refractivity contribution is -0.146. The highest BCUT2D eigenvalue weighted by Crippen LogP contribution is 2.05. The Balaban J connectivity index is 4.07. The Kier molecular flexibility index (Phi) is 4.79. The van der Waals surface area contributed by atoms with Crippen LogP contribution in [0, 0.1) is 0 Å². The van der Waals surface area contributed by atoms with E-state index in [-0.39, 0.29) is 6.42 Å². The van der Waals surface area contributed by atoms with Crippen LogP contribution in [0.4, 0.5) is 0 Å². The molecule has 0 saturated carbocycles. The highest BCUT2D eigenvalue weighted by molar-refractivity contribution is 6.71. The third-order valence-electron chi connectivity index (χ3n) is 1.32. The minimum absolute atomic E-state index is 0.139. The van der Waals surface area contributed by atoms with Crippen molar-refractivity contribution in [3.05, 3.63) is 0 Å². The summed E-state index contributed by atoms with van der Waals surface area (Å²) in [5.74, 6) is -1.04. The Morgan fingerprint density at radius 2 is 1.86 bits per heavy atom. The van der Waals surface area contributed by atoms with Crippen molar-refractivity contribution in [2.45, 2.75) is 32.1 Å². The Bertz CT molecular complexity index is 224. The normalized spacial score (nSPS) is 13.2. The number of nitrogens with two attached hydrogens (primary N) is 1. The summed E-state index contributed by atoms with van der Waals surface area (Å²) in [7, 11) is -0.677. The molecule has 82 valence electrons. The molecule has 0 radical (unpaired) electrons. The third-order valence-corrected chi connectivity index (χ3v) is 2.14. The highest BCUT2D eigenvalue weighted by Gasteiger charge is 2.25. The number of methoxy groups -OCH3 is 1. The van der Waals surface area contributed by atoms with Crippen molar-refractivity contribution in [3.8, 4) is 0 Å². The lowest BCUT2D eigenvalue weighted by atomic mass is 10.2. The van der Waals surface area contributed by atoms with Gasteiger partial charge in [0.25, 0.3) is 0 Å². The molecule has 0 spiro atoms. The van der Waals surface area contributed by atoms with Crippen LogP contribution in [0.25, 0.3) is 0 Å². The number of hydrogen-bond acceptors (Lipinski definition) is 5. The van der Waals surface area contributed by atoms with Gasteiger partial charge in [0.05, 0.1) is 13.5 Å². The molecule has 0 aliphatic rings. The van der Waals surface area contributed by atoms with E-state index in [1.807, 2.05) is 19.6 Å². The van der Waals surface area contributed by atoms with Gasteiger partial charge in [0.15, 0.2) is 0 Å². The average molecular weight is 219 g/mol. The summed E-state index contributed by atoms with van der Waals surface area (Å²) in [5.41, 5.74) is 5.45. The molecule has 0 bridgehead atoms. The van der Waals surface area contributed by atoms with Crippen molar-refractivity contribution >= 4 is 20.3 Å². The van der Waals surface area contributed by atoms with E-state index >= 15 is 0 Å². The average Bonchev–Trinajstić information content (AvgIpc) is 2.00. The molecule has 0 aromatic rings. The van der Waals surface area contributed by atoms with E-state index in [2.05, 4.69) is 4.74 Å². The molecular weight excluding hydrogens is 202 g/mol. The molecule has 0 amide bonds. The Morgan fingerprint density at radius 3 is 2.21 bits per heavy atom. The molecule has 0 rings (SSSR count). The van der Waals surface area contributed by atoms with Gasteiger partial charge in [-0.05, 0) is 19.6 Å². The number of rotatable bonds is 4. The highest BCUT2D eigenvalue weighted by atomic mass is 28.4. The molecular formula is C8H17NO4Si. The summed E-state index contributed by atoms with van der Waals surface area (Å²) >= 11 is 0. The molecule has 0 saturated heterocycles.